The van der Waals surface area contributed by atoms with Gasteiger partial charge in [-0.15, -0.1) is 0 Å². The Labute approximate surface area is 288 Å². The number of hydrogen-bond donors (Lipinski definition) is 0. The highest BCUT2D eigenvalue weighted by molar-refractivity contribution is 7.44. The standard InChI is InChI=1S/C36H57N4O7P/c1-25(2)14-11-15-28(7)16-12-17-29(8)18-21-38-31(41)19-22-39(35(38)42)34-33-32(46-36(9,10)47-33)30(45-34)24-44-48(43-23-13-20-37)40(26(3)4)27(5)6/h14,16,18-19,22,26-27,30,32-34H,11-13,15,17,21,23-24H2,1-10H3/b28-16+,29-18+/t30-,32+,33?,34-,48?/m1/s1. The predicted octanol–water partition coefficient (Wildman–Crippen LogP) is 7.14. The molecule has 12 heteroatoms. The molecule has 0 aromatic carbocycles. The third-order valence-corrected chi connectivity index (χ3v) is 10.3. The molecule has 5 atom stereocenters. The van der Waals surface area contributed by atoms with E-state index in [2.05, 4.69) is 71.4 Å². The lowest BCUT2D eigenvalue weighted by Gasteiger charge is -2.36. The van der Waals surface area contributed by atoms with Gasteiger partial charge in [0, 0.05) is 30.9 Å². The first-order chi connectivity index (χ1) is 22.6. The van der Waals surface area contributed by atoms with E-state index < -0.39 is 44.5 Å². The van der Waals surface area contributed by atoms with Crippen molar-refractivity contribution in [1.29, 1.82) is 5.26 Å². The number of aromatic nitrogens is 2. The van der Waals surface area contributed by atoms with Crippen LogP contribution in [0.3, 0.4) is 0 Å². The van der Waals surface area contributed by atoms with Crippen molar-refractivity contribution in [1.82, 2.24) is 13.8 Å². The first kappa shape index (κ1) is 40.0. The lowest BCUT2D eigenvalue weighted by molar-refractivity contribution is -0.200. The van der Waals surface area contributed by atoms with Crippen LogP contribution in [0, 0.1) is 11.3 Å². The van der Waals surface area contributed by atoms with E-state index in [1.807, 2.05) is 26.8 Å². The van der Waals surface area contributed by atoms with Crippen LogP contribution in [0.4, 0.5) is 0 Å². The van der Waals surface area contributed by atoms with Crippen molar-refractivity contribution in [2.45, 2.75) is 150 Å². The Hall–Kier alpha value is -2.42. The molecule has 1 aromatic rings. The maximum atomic E-state index is 13.8. The van der Waals surface area contributed by atoms with Gasteiger partial charge in [0.15, 0.2) is 12.0 Å². The Morgan fingerprint density at radius 1 is 1.00 bits per heavy atom. The zero-order chi connectivity index (χ0) is 35.6. The molecule has 2 aliphatic heterocycles. The summed E-state index contributed by atoms with van der Waals surface area (Å²) < 4.78 is 36.2. The van der Waals surface area contributed by atoms with Crippen LogP contribution in [-0.2, 0) is 29.8 Å². The van der Waals surface area contributed by atoms with E-state index in [-0.39, 0.29) is 43.8 Å². The molecule has 1 aromatic heterocycles. The summed E-state index contributed by atoms with van der Waals surface area (Å²) in [6.45, 7) is 20.9. The highest BCUT2D eigenvalue weighted by Gasteiger charge is 2.56. The summed E-state index contributed by atoms with van der Waals surface area (Å²) in [6, 6.07) is 3.79. The number of ether oxygens (including phenoxy) is 3. The number of nitriles is 1. The van der Waals surface area contributed by atoms with Crippen molar-refractivity contribution < 1.29 is 23.3 Å². The van der Waals surface area contributed by atoms with Crippen molar-refractivity contribution in [2.24, 2.45) is 0 Å². The van der Waals surface area contributed by atoms with Crippen LogP contribution < -0.4 is 11.2 Å². The Kier molecular flexibility index (Phi) is 15.5. The minimum absolute atomic E-state index is 0.129. The highest BCUT2D eigenvalue weighted by atomic mass is 31.2. The quantitative estimate of drug-likeness (QED) is 0.0901. The topological polar surface area (TPSA) is 117 Å². The summed E-state index contributed by atoms with van der Waals surface area (Å²) in [4.78, 5) is 26.7. The summed E-state index contributed by atoms with van der Waals surface area (Å²) in [5, 5.41) is 9.05. The second kappa shape index (κ2) is 18.5. The average Bonchev–Trinajstić information content (AvgIpc) is 3.48. The van der Waals surface area contributed by atoms with Crippen LogP contribution in [0.2, 0.25) is 0 Å². The van der Waals surface area contributed by atoms with Gasteiger partial charge < -0.3 is 23.3 Å². The summed E-state index contributed by atoms with van der Waals surface area (Å²) in [5.41, 5.74) is 2.95. The molecule has 0 bridgehead atoms. The van der Waals surface area contributed by atoms with Gasteiger partial charge in [-0.3, -0.25) is 13.9 Å². The summed E-state index contributed by atoms with van der Waals surface area (Å²) in [7, 11) is -1.50. The van der Waals surface area contributed by atoms with E-state index >= 15 is 0 Å². The highest BCUT2D eigenvalue weighted by Crippen LogP contribution is 2.48. The molecule has 2 fully saturated rings. The number of allylic oxidation sites excluding steroid dienone is 6. The van der Waals surface area contributed by atoms with E-state index in [4.69, 9.17) is 28.5 Å². The van der Waals surface area contributed by atoms with Gasteiger partial charge in [-0.05, 0) is 94.9 Å². The molecule has 2 saturated heterocycles. The molecule has 3 heterocycles. The van der Waals surface area contributed by atoms with E-state index in [1.165, 1.54) is 32.5 Å². The zero-order valence-electron chi connectivity index (χ0n) is 30.6. The molecule has 0 amide bonds. The number of fused-ring (bicyclic) bond motifs is 1. The average molecular weight is 689 g/mol. The summed E-state index contributed by atoms with van der Waals surface area (Å²) >= 11 is 0. The third kappa shape index (κ3) is 11.3. The van der Waals surface area contributed by atoms with Gasteiger partial charge >= 0.3 is 5.69 Å². The van der Waals surface area contributed by atoms with Crippen molar-refractivity contribution >= 4 is 8.53 Å². The van der Waals surface area contributed by atoms with Crippen LogP contribution in [0.1, 0.15) is 108 Å². The van der Waals surface area contributed by atoms with Gasteiger partial charge in [0.05, 0.1) is 25.7 Å². The monoisotopic (exact) mass is 688 g/mol. The second-order valence-corrected chi connectivity index (χ2v) is 15.3. The van der Waals surface area contributed by atoms with Crippen LogP contribution >= 0.6 is 8.53 Å². The fraction of sp³-hybridized carbons (Fsp3) is 0.694. The first-order valence-electron chi connectivity index (χ1n) is 17.1. The molecule has 268 valence electrons. The zero-order valence-corrected chi connectivity index (χ0v) is 31.5. The molecule has 48 heavy (non-hydrogen) atoms. The van der Waals surface area contributed by atoms with E-state index in [0.29, 0.717) is 0 Å². The Morgan fingerprint density at radius 3 is 2.25 bits per heavy atom. The molecule has 2 aliphatic rings. The van der Waals surface area contributed by atoms with E-state index in [0.717, 1.165) is 31.3 Å². The van der Waals surface area contributed by atoms with E-state index in [9.17, 15) is 9.59 Å². The molecular weight excluding hydrogens is 631 g/mol. The SMILES string of the molecule is CC(C)=CCC/C(C)=C/CC/C(C)=C/Cn1c(=O)ccn([C@@H]2O[C@H](COP(OCCC#N)N(C(C)C)C(C)C)[C@@H]3OC(C)(C)OC32)c1=O. The number of hydrogen-bond acceptors (Lipinski definition) is 9. The maximum Gasteiger partial charge on any atom is 0.333 e. The van der Waals surface area contributed by atoms with Crippen LogP contribution in [0.25, 0.3) is 0 Å². The molecule has 2 unspecified atom stereocenters. The van der Waals surface area contributed by atoms with Gasteiger partial charge in [0.1, 0.15) is 18.3 Å². The molecule has 3 rings (SSSR count). The molecular formula is C36H57N4O7P. The number of nitrogens with zero attached hydrogens (tertiary/aromatic N) is 4. The predicted molar refractivity (Wildman–Crippen MR) is 189 cm³/mol. The summed E-state index contributed by atoms with van der Waals surface area (Å²) in [5.74, 6) is -0.901. The Bertz CT molecular complexity index is 1440. The maximum absolute atomic E-state index is 13.8. The van der Waals surface area contributed by atoms with Crippen LogP contribution in [0.15, 0.2) is 56.8 Å². The van der Waals surface area contributed by atoms with Crippen LogP contribution in [-0.4, -0.2) is 63.2 Å². The minimum Gasteiger partial charge on any atom is -0.346 e. The third-order valence-electron chi connectivity index (χ3n) is 8.25. The lowest BCUT2D eigenvalue weighted by atomic mass is 10.1. The van der Waals surface area contributed by atoms with E-state index in [1.54, 1.807) is 0 Å². The van der Waals surface area contributed by atoms with Crippen molar-refractivity contribution in [3.05, 3.63) is 68.0 Å². The number of rotatable bonds is 18. The normalized spacial score (nSPS) is 23.2. The van der Waals surface area contributed by atoms with Gasteiger partial charge in [0.2, 0.25) is 0 Å². The molecule has 0 spiro atoms. The molecule has 0 N–H and O–H groups in total. The molecule has 11 nitrogen and oxygen atoms in total. The van der Waals surface area contributed by atoms with Crippen molar-refractivity contribution in [3.63, 3.8) is 0 Å². The smallest absolute Gasteiger partial charge is 0.333 e. The fourth-order valence-electron chi connectivity index (χ4n) is 5.95. The first-order valence-corrected chi connectivity index (χ1v) is 18.3. The van der Waals surface area contributed by atoms with Gasteiger partial charge in [-0.2, -0.15) is 5.26 Å². The largest absolute Gasteiger partial charge is 0.346 e. The fourth-order valence-corrected chi connectivity index (χ4v) is 7.56. The summed E-state index contributed by atoms with van der Waals surface area (Å²) in [6.07, 6.45) is 9.52. The minimum atomic E-state index is -1.50. The Morgan fingerprint density at radius 2 is 1.62 bits per heavy atom. The van der Waals surface area contributed by atoms with Crippen molar-refractivity contribution in [3.8, 4) is 6.07 Å². The lowest BCUT2D eigenvalue weighted by Crippen LogP contribution is -2.43. The molecule has 0 saturated carbocycles. The van der Waals surface area contributed by atoms with Gasteiger partial charge in [-0.1, -0.05) is 34.9 Å². The molecule has 0 radical (unpaired) electrons. The van der Waals surface area contributed by atoms with Crippen molar-refractivity contribution in [2.75, 3.05) is 13.2 Å². The van der Waals surface area contributed by atoms with Gasteiger partial charge in [0.25, 0.3) is 14.1 Å². The Balaban J connectivity index is 1.77. The second-order valence-electron chi connectivity index (χ2n) is 13.9. The molecule has 0 aliphatic carbocycles. The van der Waals surface area contributed by atoms with Gasteiger partial charge in [-0.25, -0.2) is 9.46 Å². The van der Waals surface area contributed by atoms with Crippen LogP contribution in [0.5, 0.6) is 0 Å².